The second kappa shape index (κ2) is 8.85. The Balaban J connectivity index is 1.72. The van der Waals surface area contributed by atoms with Gasteiger partial charge in [0.2, 0.25) is 5.95 Å². The van der Waals surface area contributed by atoms with E-state index in [0.717, 1.165) is 37.1 Å². The highest BCUT2D eigenvalue weighted by molar-refractivity contribution is 6.33. The van der Waals surface area contributed by atoms with E-state index < -0.39 is 0 Å². The SMILES string of the molecule is CCOc1cccc(Nc2ncc(Cl)c(C(=O)NC3CCCCC3)n2)c1. The van der Waals surface area contributed by atoms with Gasteiger partial charge in [-0.05, 0) is 31.9 Å². The molecule has 0 atom stereocenters. The zero-order valence-electron chi connectivity index (χ0n) is 14.8. The Bertz CT molecular complexity index is 763. The van der Waals surface area contributed by atoms with Crippen molar-refractivity contribution in [3.05, 3.63) is 41.2 Å². The number of nitrogens with one attached hydrogen (secondary N) is 2. The standard InChI is InChI=1S/C19H23ClN4O2/c1-2-26-15-10-6-9-14(11-15)23-19-21-12-16(20)17(24-19)18(25)22-13-7-4-3-5-8-13/h6,9-13H,2-5,7-8H2,1H3,(H,22,25)(H,21,23,24). The molecule has 0 aliphatic heterocycles. The van der Waals surface area contributed by atoms with Gasteiger partial charge in [0.1, 0.15) is 5.75 Å². The van der Waals surface area contributed by atoms with Crippen LogP contribution < -0.4 is 15.4 Å². The van der Waals surface area contributed by atoms with Crippen molar-refractivity contribution in [1.29, 1.82) is 0 Å². The van der Waals surface area contributed by atoms with Gasteiger partial charge >= 0.3 is 0 Å². The van der Waals surface area contributed by atoms with Crippen molar-refractivity contribution >= 4 is 29.1 Å². The third kappa shape index (κ3) is 4.85. The summed E-state index contributed by atoms with van der Waals surface area (Å²) < 4.78 is 5.48. The Morgan fingerprint density at radius 3 is 2.88 bits per heavy atom. The Morgan fingerprint density at radius 1 is 1.31 bits per heavy atom. The number of carbonyl (C=O) groups excluding carboxylic acids is 1. The Kier molecular flexibility index (Phi) is 6.28. The van der Waals surface area contributed by atoms with Crippen LogP contribution in [0.15, 0.2) is 30.5 Å². The van der Waals surface area contributed by atoms with Gasteiger partial charge < -0.3 is 15.4 Å². The van der Waals surface area contributed by atoms with Gasteiger partial charge in [-0.2, -0.15) is 0 Å². The molecule has 1 aromatic heterocycles. The second-order valence-electron chi connectivity index (χ2n) is 6.28. The minimum absolute atomic E-state index is 0.190. The molecule has 1 aliphatic carbocycles. The molecule has 0 bridgehead atoms. The van der Waals surface area contributed by atoms with E-state index in [-0.39, 0.29) is 22.7 Å². The molecule has 6 nitrogen and oxygen atoms in total. The minimum Gasteiger partial charge on any atom is -0.494 e. The van der Waals surface area contributed by atoms with Gasteiger partial charge in [0.15, 0.2) is 5.69 Å². The molecule has 1 amide bonds. The van der Waals surface area contributed by atoms with Crippen molar-refractivity contribution in [2.45, 2.75) is 45.1 Å². The molecule has 26 heavy (non-hydrogen) atoms. The zero-order valence-corrected chi connectivity index (χ0v) is 15.6. The summed E-state index contributed by atoms with van der Waals surface area (Å²) in [7, 11) is 0. The molecule has 138 valence electrons. The third-order valence-corrected chi connectivity index (χ3v) is 4.58. The fourth-order valence-corrected chi connectivity index (χ4v) is 3.22. The molecule has 7 heteroatoms. The normalized spacial score (nSPS) is 14.7. The van der Waals surface area contributed by atoms with Gasteiger partial charge in [0, 0.05) is 17.8 Å². The molecule has 2 N–H and O–H groups in total. The van der Waals surface area contributed by atoms with Crippen LogP contribution in [0.25, 0.3) is 0 Å². The smallest absolute Gasteiger partial charge is 0.271 e. The van der Waals surface area contributed by atoms with Crippen LogP contribution in [0, 0.1) is 0 Å². The molecule has 2 aromatic rings. The van der Waals surface area contributed by atoms with Gasteiger partial charge in [0.05, 0.1) is 17.8 Å². The topological polar surface area (TPSA) is 76.1 Å². The van der Waals surface area contributed by atoms with Crippen molar-refractivity contribution in [2.75, 3.05) is 11.9 Å². The molecule has 1 aliphatic rings. The molecule has 0 radical (unpaired) electrons. The second-order valence-corrected chi connectivity index (χ2v) is 6.69. The van der Waals surface area contributed by atoms with Crippen LogP contribution in [0.2, 0.25) is 5.02 Å². The predicted octanol–water partition coefficient (Wildman–Crippen LogP) is 4.33. The molecule has 0 unspecified atom stereocenters. The number of amides is 1. The van der Waals surface area contributed by atoms with Gasteiger partial charge in [-0.3, -0.25) is 4.79 Å². The number of hydrogen-bond donors (Lipinski definition) is 2. The largest absolute Gasteiger partial charge is 0.494 e. The summed E-state index contributed by atoms with van der Waals surface area (Å²) in [4.78, 5) is 21.0. The van der Waals surface area contributed by atoms with E-state index in [0.29, 0.717) is 12.6 Å². The Labute approximate surface area is 158 Å². The van der Waals surface area contributed by atoms with Crippen molar-refractivity contribution in [2.24, 2.45) is 0 Å². The highest BCUT2D eigenvalue weighted by Crippen LogP contribution is 2.22. The maximum Gasteiger partial charge on any atom is 0.271 e. The monoisotopic (exact) mass is 374 g/mol. The zero-order chi connectivity index (χ0) is 18.4. The van der Waals surface area contributed by atoms with Crippen molar-refractivity contribution in [3.63, 3.8) is 0 Å². The number of halogens is 1. The van der Waals surface area contributed by atoms with E-state index in [4.69, 9.17) is 16.3 Å². The number of nitrogens with zero attached hydrogens (tertiary/aromatic N) is 2. The molecule has 3 rings (SSSR count). The first kappa shape index (κ1) is 18.5. The van der Waals surface area contributed by atoms with E-state index in [2.05, 4.69) is 20.6 Å². The number of hydrogen-bond acceptors (Lipinski definition) is 5. The molecule has 1 saturated carbocycles. The molecule has 0 spiro atoms. The average Bonchev–Trinajstić information content (AvgIpc) is 2.65. The lowest BCUT2D eigenvalue weighted by molar-refractivity contribution is 0.0923. The lowest BCUT2D eigenvalue weighted by Crippen LogP contribution is -2.36. The summed E-state index contributed by atoms with van der Waals surface area (Å²) in [6.45, 7) is 2.52. The highest BCUT2D eigenvalue weighted by atomic mass is 35.5. The van der Waals surface area contributed by atoms with E-state index in [9.17, 15) is 4.79 Å². The quantitative estimate of drug-likeness (QED) is 0.786. The van der Waals surface area contributed by atoms with Crippen LogP contribution in [0.5, 0.6) is 5.75 Å². The van der Waals surface area contributed by atoms with E-state index in [1.807, 2.05) is 31.2 Å². The number of aromatic nitrogens is 2. The van der Waals surface area contributed by atoms with Crippen LogP contribution in [-0.2, 0) is 0 Å². The maximum absolute atomic E-state index is 12.5. The number of anilines is 2. The van der Waals surface area contributed by atoms with Crippen LogP contribution in [0.4, 0.5) is 11.6 Å². The first-order valence-corrected chi connectivity index (χ1v) is 9.37. The minimum atomic E-state index is -0.254. The lowest BCUT2D eigenvalue weighted by atomic mass is 9.95. The number of rotatable bonds is 6. The summed E-state index contributed by atoms with van der Waals surface area (Å²) in [5.41, 5.74) is 0.965. The lowest BCUT2D eigenvalue weighted by Gasteiger charge is -2.22. The summed E-state index contributed by atoms with van der Waals surface area (Å²) in [6, 6.07) is 7.67. The molecule has 1 fully saturated rings. The van der Waals surface area contributed by atoms with Crippen LogP contribution in [0.1, 0.15) is 49.5 Å². The maximum atomic E-state index is 12.5. The van der Waals surface area contributed by atoms with Gasteiger partial charge in [-0.25, -0.2) is 9.97 Å². The first-order chi connectivity index (χ1) is 12.7. The van der Waals surface area contributed by atoms with Gasteiger partial charge in [-0.1, -0.05) is 36.9 Å². The highest BCUT2D eigenvalue weighted by Gasteiger charge is 2.20. The molecule has 1 aromatic carbocycles. The number of carbonyl (C=O) groups is 1. The van der Waals surface area contributed by atoms with E-state index >= 15 is 0 Å². The number of benzene rings is 1. The summed E-state index contributed by atoms with van der Waals surface area (Å²) in [5, 5.41) is 6.36. The number of ether oxygens (including phenoxy) is 1. The molecular weight excluding hydrogens is 352 g/mol. The molecule has 1 heterocycles. The van der Waals surface area contributed by atoms with Gasteiger partial charge in [0.25, 0.3) is 5.91 Å². The summed E-state index contributed by atoms with van der Waals surface area (Å²) in [5.74, 6) is 0.814. The summed E-state index contributed by atoms with van der Waals surface area (Å²) >= 11 is 6.14. The predicted molar refractivity (Wildman–Crippen MR) is 102 cm³/mol. The average molecular weight is 375 g/mol. The van der Waals surface area contributed by atoms with Crippen LogP contribution in [0.3, 0.4) is 0 Å². The van der Waals surface area contributed by atoms with Crippen molar-refractivity contribution < 1.29 is 9.53 Å². The van der Waals surface area contributed by atoms with Crippen molar-refractivity contribution in [3.8, 4) is 5.75 Å². The fourth-order valence-electron chi connectivity index (χ4n) is 3.05. The molecule has 0 saturated heterocycles. The Morgan fingerprint density at radius 2 is 2.12 bits per heavy atom. The fraction of sp³-hybridized carbons (Fsp3) is 0.421. The first-order valence-electron chi connectivity index (χ1n) is 8.99. The van der Waals surface area contributed by atoms with Crippen LogP contribution >= 0.6 is 11.6 Å². The van der Waals surface area contributed by atoms with Gasteiger partial charge in [-0.15, -0.1) is 0 Å². The third-order valence-electron chi connectivity index (χ3n) is 4.30. The molecular formula is C19H23ClN4O2. The van der Waals surface area contributed by atoms with Crippen molar-refractivity contribution in [1.82, 2.24) is 15.3 Å². The Hall–Kier alpha value is -2.34. The van der Waals surface area contributed by atoms with E-state index in [1.165, 1.54) is 12.6 Å². The summed E-state index contributed by atoms with van der Waals surface area (Å²) in [6.07, 6.45) is 6.97. The van der Waals surface area contributed by atoms with Crippen LogP contribution in [-0.4, -0.2) is 28.5 Å². The van der Waals surface area contributed by atoms with E-state index in [1.54, 1.807) is 0 Å².